The number of halogens is 1. The molecule has 0 saturated carbocycles. The van der Waals surface area contributed by atoms with Crippen LogP contribution in [0.3, 0.4) is 0 Å². The monoisotopic (exact) mass is 452 g/mol. The van der Waals surface area contributed by atoms with E-state index in [4.69, 9.17) is 16.3 Å². The summed E-state index contributed by atoms with van der Waals surface area (Å²) in [6.45, 7) is 5.76. The van der Waals surface area contributed by atoms with E-state index in [1.165, 1.54) is 11.3 Å². The summed E-state index contributed by atoms with van der Waals surface area (Å²) in [6.07, 6.45) is 0.607. The van der Waals surface area contributed by atoms with Crippen LogP contribution in [0.15, 0.2) is 24.3 Å². The number of nitrogens with one attached hydrogen (secondary N) is 2. The molecule has 2 amide bonds. The number of carbonyl (C=O) groups is 3. The van der Waals surface area contributed by atoms with E-state index in [0.717, 1.165) is 5.56 Å². The minimum absolute atomic E-state index is 0.0324. The average molecular weight is 453 g/mol. The van der Waals surface area contributed by atoms with Gasteiger partial charge in [-0.2, -0.15) is 0 Å². The lowest BCUT2D eigenvalue weighted by atomic mass is 9.98. The Morgan fingerprint density at radius 1 is 1.13 bits per heavy atom. The fourth-order valence-corrected chi connectivity index (χ4v) is 3.44. The lowest BCUT2D eigenvalue weighted by Gasteiger charge is -2.22. The maximum absolute atomic E-state index is 12.8. The number of anilines is 1. The van der Waals surface area contributed by atoms with Gasteiger partial charge in [0.05, 0.1) is 13.0 Å². The summed E-state index contributed by atoms with van der Waals surface area (Å²) in [5.41, 5.74) is 0.836. The van der Waals surface area contributed by atoms with E-state index in [2.05, 4.69) is 20.8 Å². The van der Waals surface area contributed by atoms with Crippen LogP contribution in [0.25, 0.3) is 10.6 Å². The Kier molecular flexibility index (Phi) is 9.19. The minimum Gasteiger partial charge on any atom is -0.466 e. The van der Waals surface area contributed by atoms with Gasteiger partial charge in [-0.1, -0.05) is 55.3 Å². The molecule has 0 saturated heterocycles. The van der Waals surface area contributed by atoms with Crippen molar-refractivity contribution >= 4 is 45.9 Å². The Hall–Kier alpha value is -2.52. The van der Waals surface area contributed by atoms with Gasteiger partial charge in [0.1, 0.15) is 11.0 Å². The number of benzene rings is 1. The highest BCUT2D eigenvalue weighted by molar-refractivity contribution is 7.18. The largest absolute Gasteiger partial charge is 0.466 e. The van der Waals surface area contributed by atoms with E-state index in [1.807, 2.05) is 26.0 Å². The molecule has 1 aromatic heterocycles. The predicted octanol–water partition coefficient (Wildman–Crippen LogP) is 3.67. The van der Waals surface area contributed by atoms with Gasteiger partial charge >= 0.3 is 5.97 Å². The van der Waals surface area contributed by atoms with Crippen molar-refractivity contribution in [1.29, 1.82) is 0 Å². The van der Waals surface area contributed by atoms with Crippen LogP contribution < -0.4 is 10.6 Å². The first-order valence-corrected chi connectivity index (χ1v) is 10.9. The molecule has 1 heterocycles. The van der Waals surface area contributed by atoms with Gasteiger partial charge in [0.15, 0.2) is 0 Å². The molecule has 2 unspecified atom stereocenters. The van der Waals surface area contributed by atoms with Crippen LogP contribution >= 0.6 is 22.9 Å². The standard InChI is InChI=1S/C20H25ClN4O4S/c1-4-12(3)17(22-15(26)10-11-16(27)29-5-2)18(28)23-20-25-24-19(30-20)13-6-8-14(21)9-7-13/h6-9,12,17H,4-5,10-11H2,1-3H3,(H,22,26)(H,23,25,28). The summed E-state index contributed by atoms with van der Waals surface area (Å²) in [7, 11) is 0. The highest BCUT2D eigenvalue weighted by Crippen LogP contribution is 2.27. The maximum Gasteiger partial charge on any atom is 0.306 e. The van der Waals surface area contributed by atoms with E-state index in [0.29, 0.717) is 21.6 Å². The van der Waals surface area contributed by atoms with Crippen molar-refractivity contribution in [2.24, 2.45) is 5.92 Å². The van der Waals surface area contributed by atoms with E-state index >= 15 is 0 Å². The molecule has 0 fully saturated rings. The second-order valence-electron chi connectivity index (χ2n) is 6.64. The molecule has 30 heavy (non-hydrogen) atoms. The predicted molar refractivity (Wildman–Crippen MR) is 116 cm³/mol. The van der Waals surface area contributed by atoms with Crippen molar-refractivity contribution in [3.8, 4) is 10.6 Å². The van der Waals surface area contributed by atoms with E-state index in [9.17, 15) is 14.4 Å². The molecule has 8 nitrogen and oxygen atoms in total. The summed E-state index contributed by atoms with van der Waals surface area (Å²) in [4.78, 5) is 36.4. The van der Waals surface area contributed by atoms with Gasteiger partial charge in [-0.05, 0) is 25.0 Å². The van der Waals surface area contributed by atoms with Crippen molar-refractivity contribution < 1.29 is 19.1 Å². The molecule has 0 radical (unpaired) electrons. The number of hydrogen-bond donors (Lipinski definition) is 2. The third-order valence-electron chi connectivity index (χ3n) is 4.42. The Morgan fingerprint density at radius 2 is 1.83 bits per heavy atom. The normalized spacial score (nSPS) is 12.7. The van der Waals surface area contributed by atoms with Gasteiger partial charge in [-0.3, -0.25) is 19.7 Å². The van der Waals surface area contributed by atoms with Crippen molar-refractivity contribution in [3.63, 3.8) is 0 Å². The Labute approximate surface area is 184 Å². The summed E-state index contributed by atoms with van der Waals surface area (Å²) in [5.74, 6) is -1.32. The maximum atomic E-state index is 12.8. The van der Waals surface area contributed by atoms with Gasteiger partial charge in [0.25, 0.3) is 0 Å². The van der Waals surface area contributed by atoms with Crippen molar-refractivity contribution in [2.45, 2.75) is 46.1 Å². The first-order valence-electron chi connectivity index (χ1n) is 9.69. The van der Waals surface area contributed by atoms with Gasteiger partial charge in [0, 0.05) is 17.0 Å². The van der Waals surface area contributed by atoms with Crippen molar-refractivity contribution in [1.82, 2.24) is 15.5 Å². The Balaban J connectivity index is 2.00. The molecule has 162 valence electrons. The number of esters is 1. The molecule has 0 aliphatic rings. The third kappa shape index (κ3) is 7.07. The highest BCUT2D eigenvalue weighted by Gasteiger charge is 2.27. The molecular formula is C20H25ClN4O4S. The number of nitrogens with zero attached hydrogens (tertiary/aromatic N) is 2. The molecule has 1 aromatic carbocycles. The summed E-state index contributed by atoms with van der Waals surface area (Å²) in [6, 6.07) is 6.39. The summed E-state index contributed by atoms with van der Waals surface area (Å²) >= 11 is 7.12. The van der Waals surface area contributed by atoms with Crippen molar-refractivity contribution in [3.05, 3.63) is 29.3 Å². The zero-order chi connectivity index (χ0) is 22.1. The van der Waals surface area contributed by atoms with Crippen LogP contribution in [0.1, 0.15) is 40.0 Å². The minimum atomic E-state index is -0.757. The average Bonchev–Trinajstić information content (AvgIpc) is 3.19. The zero-order valence-corrected chi connectivity index (χ0v) is 18.7. The number of hydrogen-bond acceptors (Lipinski definition) is 7. The molecule has 0 spiro atoms. The van der Waals surface area contributed by atoms with Crippen LogP contribution in [-0.2, 0) is 19.1 Å². The van der Waals surface area contributed by atoms with E-state index in [1.54, 1.807) is 19.1 Å². The van der Waals surface area contributed by atoms with Crippen LogP contribution in [0, 0.1) is 5.92 Å². The quantitative estimate of drug-likeness (QED) is 0.532. The topological polar surface area (TPSA) is 110 Å². The fraction of sp³-hybridized carbons (Fsp3) is 0.450. The molecule has 10 heteroatoms. The molecular weight excluding hydrogens is 428 g/mol. The second kappa shape index (κ2) is 11.6. The lowest BCUT2D eigenvalue weighted by Crippen LogP contribution is -2.47. The Morgan fingerprint density at radius 3 is 2.47 bits per heavy atom. The molecule has 2 N–H and O–H groups in total. The van der Waals surface area contributed by atoms with Gasteiger partial charge < -0.3 is 10.1 Å². The smallest absolute Gasteiger partial charge is 0.306 e. The SMILES string of the molecule is CCOC(=O)CCC(=O)NC(C(=O)Nc1nnc(-c2ccc(Cl)cc2)s1)C(C)CC. The molecule has 0 aliphatic carbocycles. The number of carbonyl (C=O) groups excluding carboxylic acids is 3. The molecule has 2 rings (SSSR count). The first kappa shape index (κ1) is 23.8. The Bertz CT molecular complexity index is 872. The highest BCUT2D eigenvalue weighted by atomic mass is 35.5. The van der Waals surface area contributed by atoms with Crippen LogP contribution in [0.5, 0.6) is 0 Å². The summed E-state index contributed by atoms with van der Waals surface area (Å²) < 4.78 is 4.82. The fourth-order valence-electron chi connectivity index (χ4n) is 2.56. The lowest BCUT2D eigenvalue weighted by molar-refractivity contribution is -0.144. The third-order valence-corrected chi connectivity index (χ3v) is 5.56. The second-order valence-corrected chi connectivity index (χ2v) is 8.06. The molecule has 0 bridgehead atoms. The number of amides is 2. The first-order chi connectivity index (χ1) is 14.3. The van der Waals surface area contributed by atoms with Crippen LogP contribution in [-0.4, -0.2) is 40.6 Å². The number of ether oxygens (including phenoxy) is 1. The number of aromatic nitrogens is 2. The van der Waals surface area contributed by atoms with Gasteiger partial charge in [-0.15, -0.1) is 10.2 Å². The van der Waals surface area contributed by atoms with Crippen molar-refractivity contribution in [2.75, 3.05) is 11.9 Å². The number of rotatable bonds is 10. The van der Waals surface area contributed by atoms with E-state index in [-0.39, 0.29) is 37.2 Å². The van der Waals surface area contributed by atoms with E-state index < -0.39 is 12.0 Å². The van der Waals surface area contributed by atoms with Crippen LogP contribution in [0.4, 0.5) is 5.13 Å². The van der Waals surface area contributed by atoms with Crippen LogP contribution in [0.2, 0.25) is 5.02 Å². The molecule has 0 aliphatic heterocycles. The van der Waals surface area contributed by atoms with Gasteiger partial charge in [0.2, 0.25) is 16.9 Å². The molecule has 2 aromatic rings. The molecule has 2 atom stereocenters. The zero-order valence-electron chi connectivity index (χ0n) is 17.1. The van der Waals surface area contributed by atoms with Gasteiger partial charge in [-0.25, -0.2) is 0 Å². The summed E-state index contributed by atoms with van der Waals surface area (Å²) in [5, 5.41) is 15.1.